The van der Waals surface area contributed by atoms with Crippen molar-refractivity contribution in [1.82, 2.24) is 0 Å². The third-order valence-electron chi connectivity index (χ3n) is 1.29. The van der Waals surface area contributed by atoms with E-state index in [0.29, 0.717) is 0 Å². The molecule has 0 spiro atoms. The molecule has 1 unspecified atom stereocenters. The van der Waals surface area contributed by atoms with Crippen LogP contribution in [-0.4, -0.2) is 27.6 Å². The van der Waals surface area contributed by atoms with E-state index in [4.69, 9.17) is 5.11 Å². The monoisotopic (exact) mass is 225 g/mol. The predicted octanol–water partition coefficient (Wildman–Crippen LogP) is 2.05. The summed E-state index contributed by atoms with van der Waals surface area (Å²) in [5.74, 6) is -0.934. The fourth-order valence-electron chi connectivity index (χ4n) is 0.774. The molecular weight excluding hydrogens is 210 g/mol. The highest BCUT2D eigenvalue weighted by Gasteiger charge is 2.31. The number of carbonyl (C=O) groups is 1. The SMILES string of the molecule is CC(C)=NC(C(=O)O)C(C)(C)S.Cl. The highest BCUT2D eigenvalue weighted by Crippen LogP contribution is 2.20. The zero-order valence-corrected chi connectivity index (χ0v) is 9.95. The van der Waals surface area contributed by atoms with Crippen LogP contribution in [0.3, 0.4) is 0 Å². The third-order valence-corrected chi connectivity index (χ3v) is 1.53. The number of nitrogens with zero attached hydrogens (tertiary/aromatic N) is 1. The molecule has 1 N–H and O–H groups in total. The molecule has 0 bridgehead atoms. The topological polar surface area (TPSA) is 49.7 Å². The average Bonchev–Trinajstić information content (AvgIpc) is 1.79. The van der Waals surface area contributed by atoms with Crippen LogP contribution in [0, 0.1) is 0 Å². The fourth-order valence-corrected chi connectivity index (χ4v) is 0.942. The molecule has 0 rings (SSSR count). The molecule has 1 atom stereocenters. The highest BCUT2D eigenvalue weighted by molar-refractivity contribution is 7.81. The second-order valence-electron chi connectivity index (χ2n) is 3.47. The highest BCUT2D eigenvalue weighted by atomic mass is 35.5. The summed E-state index contributed by atoms with van der Waals surface area (Å²) in [4.78, 5) is 14.7. The third kappa shape index (κ3) is 5.93. The van der Waals surface area contributed by atoms with Crippen LogP contribution in [0.4, 0.5) is 0 Å². The molecule has 0 aliphatic heterocycles. The van der Waals surface area contributed by atoms with Crippen molar-refractivity contribution in [3.8, 4) is 0 Å². The number of hydrogen-bond donors (Lipinski definition) is 2. The lowest BCUT2D eigenvalue weighted by Crippen LogP contribution is -2.36. The molecular formula is C8H16ClNO2S. The Morgan fingerprint density at radius 2 is 1.85 bits per heavy atom. The first-order valence-electron chi connectivity index (χ1n) is 3.71. The lowest BCUT2D eigenvalue weighted by Gasteiger charge is -2.22. The summed E-state index contributed by atoms with van der Waals surface area (Å²) in [6.07, 6.45) is 0. The van der Waals surface area contributed by atoms with Gasteiger partial charge in [0, 0.05) is 10.5 Å². The van der Waals surface area contributed by atoms with Crippen LogP contribution < -0.4 is 0 Å². The standard InChI is InChI=1S/C8H15NO2S.ClH/c1-5(2)9-6(7(10)11)8(3,4)12;/h6,12H,1-4H3,(H,10,11);1H. The maximum atomic E-state index is 10.7. The number of halogens is 1. The van der Waals surface area contributed by atoms with Crippen LogP contribution in [0.5, 0.6) is 0 Å². The zero-order valence-electron chi connectivity index (χ0n) is 8.24. The van der Waals surface area contributed by atoms with Crippen molar-refractivity contribution in [2.75, 3.05) is 0 Å². The van der Waals surface area contributed by atoms with Crippen LogP contribution in [0.2, 0.25) is 0 Å². The van der Waals surface area contributed by atoms with Gasteiger partial charge in [-0.1, -0.05) is 0 Å². The molecule has 0 amide bonds. The van der Waals surface area contributed by atoms with Gasteiger partial charge in [0.25, 0.3) is 0 Å². The van der Waals surface area contributed by atoms with E-state index in [2.05, 4.69) is 17.6 Å². The first-order chi connectivity index (χ1) is 5.25. The first-order valence-corrected chi connectivity index (χ1v) is 4.16. The van der Waals surface area contributed by atoms with E-state index in [9.17, 15) is 4.79 Å². The van der Waals surface area contributed by atoms with Crippen molar-refractivity contribution in [3.05, 3.63) is 0 Å². The summed E-state index contributed by atoms with van der Waals surface area (Å²) in [7, 11) is 0. The van der Waals surface area contributed by atoms with Gasteiger partial charge >= 0.3 is 5.97 Å². The van der Waals surface area contributed by atoms with Crippen LogP contribution in [0.15, 0.2) is 4.99 Å². The van der Waals surface area contributed by atoms with Crippen LogP contribution >= 0.6 is 25.0 Å². The summed E-state index contributed by atoms with van der Waals surface area (Å²) in [6, 6.07) is -0.772. The van der Waals surface area contributed by atoms with E-state index in [1.54, 1.807) is 27.7 Å². The number of carboxylic acids is 1. The molecule has 78 valence electrons. The van der Waals surface area contributed by atoms with Crippen molar-refractivity contribution < 1.29 is 9.90 Å². The van der Waals surface area contributed by atoms with Crippen molar-refractivity contribution in [2.45, 2.75) is 38.5 Å². The van der Waals surface area contributed by atoms with Gasteiger partial charge in [-0.15, -0.1) is 12.4 Å². The summed E-state index contributed by atoms with van der Waals surface area (Å²) in [5.41, 5.74) is 0.754. The van der Waals surface area contributed by atoms with Crippen molar-refractivity contribution in [2.24, 2.45) is 4.99 Å². The van der Waals surface area contributed by atoms with Crippen molar-refractivity contribution in [3.63, 3.8) is 0 Å². The molecule has 0 radical (unpaired) electrons. The minimum Gasteiger partial charge on any atom is -0.480 e. The van der Waals surface area contributed by atoms with Gasteiger partial charge in [-0.05, 0) is 27.7 Å². The van der Waals surface area contributed by atoms with E-state index in [0.717, 1.165) is 5.71 Å². The van der Waals surface area contributed by atoms with E-state index in [1.807, 2.05) is 0 Å². The van der Waals surface area contributed by atoms with Gasteiger partial charge in [0.15, 0.2) is 6.04 Å². The van der Waals surface area contributed by atoms with Crippen molar-refractivity contribution in [1.29, 1.82) is 0 Å². The van der Waals surface area contributed by atoms with Gasteiger partial charge in [0.05, 0.1) is 0 Å². The molecule has 0 aliphatic rings. The quantitative estimate of drug-likeness (QED) is 0.571. The Hall–Kier alpha value is -0.220. The molecule has 0 aromatic carbocycles. The number of carboxylic acid groups (broad SMARTS) is 1. The molecule has 0 saturated carbocycles. The summed E-state index contributed by atoms with van der Waals surface area (Å²) in [5, 5.41) is 8.80. The number of rotatable bonds is 3. The fraction of sp³-hybridized carbons (Fsp3) is 0.750. The van der Waals surface area contributed by atoms with Crippen molar-refractivity contribution >= 4 is 36.7 Å². The first kappa shape index (κ1) is 15.3. The lowest BCUT2D eigenvalue weighted by molar-refractivity contribution is -0.138. The van der Waals surface area contributed by atoms with Gasteiger partial charge in [0.1, 0.15) is 0 Å². The maximum Gasteiger partial charge on any atom is 0.329 e. The van der Waals surface area contributed by atoms with Crippen LogP contribution in [0.1, 0.15) is 27.7 Å². The molecule has 0 saturated heterocycles. The zero-order chi connectivity index (χ0) is 9.94. The van der Waals surface area contributed by atoms with Gasteiger partial charge in [0.2, 0.25) is 0 Å². The average molecular weight is 226 g/mol. The molecule has 0 heterocycles. The molecule has 0 aromatic heterocycles. The van der Waals surface area contributed by atoms with E-state index in [1.165, 1.54) is 0 Å². The van der Waals surface area contributed by atoms with Crippen LogP contribution in [0.25, 0.3) is 0 Å². The minimum absolute atomic E-state index is 0. The Morgan fingerprint density at radius 1 is 1.46 bits per heavy atom. The maximum absolute atomic E-state index is 10.7. The molecule has 0 aromatic rings. The predicted molar refractivity (Wildman–Crippen MR) is 60.5 cm³/mol. The molecule has 0 fully saturated rings. The van der Waals surface area contributed by atoms with E-state index >= 15 is 0 Å². The Kier molecular flexibility index (Phi) is 6.45. The van der Waals surface area contributed by atoms with E-state index in [-0.39, 0.29) is 12.4 Å². The Morgan fingerprint density at radius 3 is 1.92 bits per heavy atom. The Balaban J connectivity index is 0. The normalized spacial score (nSPS) is 12.7. The summed E-state index contributed by atoms with van der Waals surface area (Å²) >= 11 is 4.18. The number of hydrogen-bond acceptors (Lipinski definition) is 3. The smallest absolute Gasteiger partial charge is 0.329 e. The minimum atomic E-state index is -0.934. The second-order valence-corrected chi connectivity index (χ2v) is 4.62. The number of thiol groups is 1. The lowest BCUT2D eigenvalue weighted by atomic mass is 10.0. The largest absolute Gasteiger partial charge is 0.480 e. The molecule has 3 nitrogen and oxygen atoms in total. The summed E-state index contributed by atoms with van der Waals surface area (Å²) in [6.45, 7) is 7.02. The second kappa shape index (κ2) is 5.50. The Bertz CT molecular complexity index is 207. The molecule has 5 heteroatoms. The molecule has 13 heavy (non-hydrogen) atoms. The number of aliphatic carboxylic acids is 1. The van der Waals surface area contributed by atoms with Gasteiger partial charge in [-0.25, -0.2) is 4.79 Å². The van der Waals surface area contributed by atoms with Gasteiger partial charge in [-0.3, -0.25) is 4.99 Å². The summed E-state index contributed by atoms with van der Waals surface area (Å²) < 4.78 is -0.622. The number of aliphatic imine (C=N–C) groups is 1. The van der Waals surface area contributed by atoms with Gasteiger partial charge in [-0.2, -0.15) is 12.6 Å². The van der Waals surface area contributed by atoms with E-state index < -0.39 is 16.8 Å². The van der Waals surface area contributed by atoms with Crippen LogP contribution in [-0.2, 0) is 4.79 Å². The van der Waals surface area contributed by atoms with Gasteiger partial charge < -0.3 is 5.11 Å². The Labute approximate surface area is 90.5 Å². The molecule has 0 aliphatic carbocycles.